The van der Waals surface area contributed by atoms with Crippen LogP contribution in [0.1, 0.15) is 17.2 Å². The number of hydrogen-bond donors (Lipinski definition) is 2. The van der Waals surface area contributed by atoms with Crippen LogP contribution < -0.4 is 11.3 Å². The van der Waals surface area contributed by atoms with Crippen molar-refractivity contribution in [1.29, 1.82) is 0 Å². The van der Waals surface area contributed by atoms with E-state index in [0.29, 0.717) is 5.56 Å². The van der Waals surface area contributed by atoms with Gasteiger partial charge in [-0.3, -0.25) is 11.3 Å². The fraction of sp³-hybridized carbons (Fsp3) is 0.500. The molecule has 0 radical (unpaired) electrons. The molecule has 17 heavy (non-hydrogen) atoms. The summed E-state index contributed by atoms with van der Waals surface area (Å²) in [6.07, 6.45) is 0.000793. The second-order valence-corrected chi connectivity index (χ2v) is 5.29. The van der Waals surface area contributed by atoms with E-state index in [2.05, 4.69) is 5.43 Å². The number of halogens is 1. The number of thioether (sulfide) groups is 1. The first-order valence-electron chi connectivity index (χ1n) is 5.64. The van der Waals surface area contributed by atoms with Gasteiger partial charge in [0.15, 0.2) is 0 Å². The highest BCUT2D eigenvalue weighted by molar-refractivity contribution is 7.99. The molecule has 1 aliphatic heterocycles. The Morgan fingerprint density at radius 3 is 3.00 bits per heavy atom. The normalized spacial score (nSPS) is 22.4. The van der Waals surface area contributed by atoms with E-state index in [4.69, 9.17) is 10.6 Å². The first kappa shape index (κ1) is 12.8. The quantitative estimate of drug-likeness (QED) is 0.639. The van der Waals surface area contributed by atoms with E-state index in [1.165, 1.54) is 6.07 Å². The van der Waals surface area contributed by atoms with Crippen LogP contribution in [0.2, 0.25) is 0 Å². The summed E-state index contributed by atoms with van der Waals surface area (Å²) < 4.78 is 19.2. The van der Waals surface area contributed by atoms with Crippen LogP contribution in [0.15, 0.2) is 18.2 Å². The van der Waals surface area contributed by atoms with Gasteiger partial charge in [-0.1, -0.05) is 12.1 Å². The third-order valence-corrected chi connectivity index (χ3v) is 3.97. The lowest BCUT2D eigenvalue weighted by molar-refractivity contribution is 0.0467. The number of hydrogen-bond acceptors (Lipinski definition) is 4. The van der Waals surface area contributed by atoms with Crippen LogP contribution in [0.25, 0.3) is 0 Å². The highest BCUT2D eigenvalue weighted by atomic mass is 32.2. The first-order chi connectivity index (χ1) is 8.22. The number of nitrogens with two attached hydrogens (primary N) is 1. The summed E-state index contributed by atoms with van der Waals surface area (Å²) in [5.74, 6) is 7.25. The van der Waals surface area contributed by atoms with Crippen molar-refractivity contribution in [3.8, 4) is 0 Å². The van der Waals surface area contributed by atoms with Crippen molar-refractivity contribution < 1.29 is 9.13 Å². The molecule has 0 saturated carbocycles. The first-order valence-corrected chi connectivity index (χ1v) is 6.79. The van der Waals surface area contributed by atoms with Gasteiger partial charge < -0.3 is 4.74 Å². The van der Waals surface area contributed by atoms with Gasteiger partial charge in [0.1, 0.15) is 5.82 Å². The van der Waals surface area contributed by atoms with E-state index in [1.807, 2.05) is 17.8 Å². The maximum Gasteiger partial charge on any atom is 0.126 e. The van der Waals surface area contributed by atoms with Crippen LogP contribution in [0.4, 0.5) is 4.39 Å². The molecule has 0 bridgehead atoms. The topological polar surface area (TPSA) is 47.3 Å². The Balaban J connectivity index is 2.18. The van der Waals surface area contributed by atoms with E-state index >= 15 is 0 Å². The van der Waals surface area contributed by atoms with Gasteiger partial charge >= 0.3 is 0 Å². The molecule has 2 rings (SSSR count). The predicted octanol–water partition coefficient (Wildman–Crippen LogP) is 1.77. The lowest BCUT2D eigenvalue weighted by Gasteiger charge is -2.30. The van der Waals surface area contributed by atoms with E-state index in [1.54, 1.807) is 13.0 Å². The standard InChI is InChI=1S/C12H17FN2OS/c1-8-2-3-9(6-10(8)13)12(15-14)11-7-17-5-4-16-11/h2-3,6,11-12,15H,4-5,7,14H2,1H3. The summed E-state index contributed by atoms with van der Waals surface area (Å²) in [4.78, 5) is 0. The SMILES string of the molecule is Cc1ccc(C(NN)C2CSCCO2)cc1F. The average molecular weight is 256 g/mol. The number of ether oxygens (including phenoxy) is 1. The van der Waals surface area contributed by atoms with Gasteiger partial charge in [-0.05, 0) is 24.1 Å². The van der Waals surface area contributed by atoms with Crippen molar-refractivity contribution in [2.24, 2.45) is 5.84 Å². The molecule has 0 aromatic heterocycles. The Bertz CT molecular complexity index is 383. The zero-order chi connectivity index (χ0) is 12.3. The molecular formula is C12H17FN2OS. The van der Waals surface area contributed by atoms with Crippen LogP contribution in [-0.4, -0.2) is 24.2 Å². The van der Waals surface area contributed by atoms with Gasteiger partial charge in [0.25, 0.3) is 0 Å². The molecular weight excluding hydrogens is 239 g/mol. The Morgan fingerprint density at radius 2 is 2.41 bits per heavy atom. The molecule has 5 heteroatoms. The van der Waals surface area contributed by atoms with Crippen LogP contribution in [0.3, 0.4) is 0 Å². The predicted molar refractivity (Wildman–Crippen MR) is 68.3 cm³/mol. The highest BCUT2D eigenvalue weighted by Crippen LogP contribution is 2.26. The average Bonchev–Trinajstić information content (AvgIpc) is 2.36. The van der Waals surface area contributed by atoms with Gasteiger partial charge in [-0.15, -0.1) is 0 Å². The molecule has 0 aliphatic carbocycles. The number of rotatable bonds is 3. The van der Waals surface area contributed by atoms with Gasteiger partial charge in [0.05, 0.1) is 18.8 Å². The van der Waals surface area contributed by atoms with Crippen molar-refractivity contribution in [2.45, 2.75) is 19.1 Å². The molecule has 1 heterocycles. The van der Waals surface area contributed by atoms with Crippen molar-refractivity contribution in [3.63, 3.8) is 0 Å². The summed E-state index contributed by atoms with van der Waals surface area (Å²) in [7, 11) is 0. The molecule has 0 spiro atoms. The van der Waals surface area contributed by atoms with Gasteiger partial charge in [0.2, 0.25) is 0 Å². The number of nitrogens with one attached hydrogen (secondary N) is 1. The third kappa shape index (κ3) is 2.98. The second-order valence-electron chi connectivity index (χ2n) is 4.14. The van der Waals surface area contributed by atoms with Crippen molar-refractivity contribution in [2.75, 3.05) is 18.1 Å². The fourth-order valence-electron chi connectivity index (χ4n) is 1.92. The van der Waals surface area contributed by atoms with Gasteiger partial charge in [0, 0.05) is 11.5 Å². The molecule has 1 aliphatic rings. The second kappa shape index (κ2) is 5.82. The Kier molecular flexibility index (Phi) is 4.39. The minimum Gasteiger partial charge on any atom is -0.374 e. The fourth-order valence-corrected chi connectivity index (χ4v) is 2.82. The van der Waals surface area contributed by atoms with E-state index < -0.39 is 0 Å². The molecule has 2 unspecified atom stereocenters. The Labute approximate surface area is 105 Å². The lowest BCUT2D eigenvalue weighted by atomic mass is 10.0. The Morgan fingerprint density at radius 1 is 1.59 bits per heavy atom. The minimum absolute atomic E-state index is 0.000793. The van der Waals surface area contributed by atoms with Crippen LogP contribution >= 0.6 is 11.8 Å². The maximum absolute atomic E-state index is 13.5. The molecule has 1 fully saturated rings. The molecule has 2 atom stereocenters. The molecule has 1 aromatic carbocycles. The Hall–Kier alpha value is -0.620. The zero-order valence-corrected chi connectivity index (χ0v) is 10.6. The van der Waals surface area contributed by atoms with E-state index in [9.17, 15) is 4.39 Å². The van der Waals surface area contributed by atoms with E-state index in [-0.39, 0.29) is 18.0 Å². The number of hydrazine groups is 1. The van der Waals surface area contributed by atoms with E-state index in [0.717, 1.165) is 23.7 Å². The molecule has 1 saturated heterocycles. The molecule has 1 aromatic rings. The molecule has 94 valence electrons. The summed E-state index contributed by atoms with van der Waals surface area (Å²) in [6.45, 7) is 2.47. The largest absolute Gasteiger partial charge is 0.374 e. The van der Waals surface area contributed by atoms with Crippen LogP contribution in [0.5, 0.6) is 0 Å². The smallest absolute Gasteiger partial charge is 0.126 e. The zero-order valence-electron chi connectivity index (χ0n) is 9.78. The molecule has 0 amide bonds. The number of benzene rings is 1. The molecule has 3 N–H and O–H groups in total. The lowest BCUT2D eigenvalue weighted by Crippen LogP contribution is -2.41. The van der Waals surface area contributed by atoms with Crippen molar-refractivity contribution >= 4 is 11.8 Å². The van der Waals surface area contributed by atoms with Crippen molar-refractivity contribution in [3.05, 3.63) is 35.1 Å². The molecule has 3 nitrogen and oxygen atoms in total. The maximum atomic E-state index is 13.5. The van der Waals surface area contributed by atoms with Crippen molar-refractivity contribution in [1.82, 2.24) is 5.43 Å². The number of aryl methyl sites for hydroxylation is 1. The summed E-state index contributed by atoms with van der Waals surface area (Å²) in [5.41, 5.74) is 4.21. The monoisotopic (exact) mass is 256 g/mol. The third-order valence-electron chi connectivity index (χ3n) is 2.95. The van der Waals surface area contributed by atoms with Gasteiger partial charge in [-0.25, -0.2) is 4.39 Å². The summed E-state index contributed by atoms with van der Waals surface area (Å²) >= 11 is 1.83. The highest BCUT2D eigenvalue weighted by Gasteiger charge is 2.25. The van der Waals surface area contributed by atoms with Crippen LogP contribution in [-0.2, 0) is 4.74 Å². The summed E-state index contributed by atoms with van der Waals surface area (Å²) in [5, 5.41) is 0. The van der Waals surface area contributed by atoms with Gasteiger partial charge in [-0.2, -0.15) is 11.8 Å². The minimum atomic E-state index is -0.203. The van der Waals surface area contributed by atoms with Crippen LogP contribution in [0, 0.1) is 12.7 Å². The summed E-state index contributed by atoms with van der Waals surface area (Å²) in [6, 6.07) is 5.04.